The fourth-order valence-corrected chi connectivity index (χ4v) is 2.39. The summed E-state index contributed by atoms with van der Waals surface area (Å²) in [5.74, 6) is 1.49. The van der Waals surface area contributed by atoms with Crippen LogP contribution in [0.3, 0.4) is 0 Å². The molecule has 1 nitrogen and oxygen atoms in total. The van der Waals surface area contributed by atoms with Crippen molar-refractivity contribution in [3.63, 3.8) is 0 Å². The summed E-state index contributed by atoms with van der Waals surface area (Å²) in [7, 11) is 0. The van der Waals surface area contributed by atoms with Gasteiger partial charge in [0, 0.05) is 0 Å². The van der Waals surface area contributed by atoms with E-state index in [4.69, 9.17) is 5.26 Å². The van der Waals surface area contributed by atoms with E-state index in [9.17, 15) is 0 Å². The van der Waals surface area contributed by atoms with Crippen molar-refractivity contribution in [2.45, 2.75) is 65.7 Å². The van der Waals surface area contributed by atoms with Crippen molar-refractivity contribution in [1.29, 1.82) is 5.26 Å². The SMILES string of the molecule is CC(C)c1cc(C(C)C)c(CC#N)c(C(C)C)c1. The molecule has 0 heterocycles. The minimum atomic E-state index is 0.476. The zero-order valence-corrected chi connectivity index (χ0v) is 12.5. The number of nitriles is 1. The Kier molecular flexibility index (Phi) is 4.96. The summed E-state index contributed by atoms with van der Waals surface area (Å²) >= 11 is 0. The Labute approximate surface area is 112 Å². The molecule has 1 aromatic rings. The largest absolute Gasteiger partial charge is 0.198 e. The highest BCUT2D eigenvalue weighted by Gasteiger charge is 2.16. The van der Waals surface area contributed by atoms with E-state index >= 15 is 0 Å². The van der Waals surface area contributed by atoms with Crippen LogP contribution in [-0.2, 0) is 6.42 Å². The summed E-state index contributed by atoms with van der Waals surface area (Å²) < 4.78 is 0. The first-order chi connectivity index (χ1) is 8.38. The van der Waals surface area contributed by atoms with Crippen molar-refractivity contribution in [3.8, 4) is 6.07 Å². The smallest absolute Gasteiger partial charge is 0.0669 e. The first-order valence-electron chi connectivity index (χ1n) is 6.92. The van der Waals surface area contributed by atoms with Crippen LogP contribution in [-0.4, -0.2) is 0 Å². The van der Waals surface area contributed by atoms with Crippen molar-refractivity contribution in [2.75, 3.05) is 0 Å². The monoisotopic (exact) mass is 243 g/mol. The lowest BCUT2D eigenvalue weighted by atomic mass is 9.83. The van der Waals surface area contributed by atoms with Gasteiger partial charge in [-0.2, -0.15) is 5.26 Å². The third kappa shape index (κ3) is 3.13. The molecule has 98 valence electrons. The van der Waals surface area contributed by atoms with Gasteiger partial charge in [-0.3, -0.25) is 0 Å². The molecule has 0 aliphatic heterocycles. The van der Waals surface area contributed by atoms with Crippen LogP contribution in [0.2, 0.25) is 0 Å². The van der Waals surface area contributed by atoms with Gasteiger partial charge in [-0.25, -0.2) is 0 Å². The average Bonchev–Trinajstić information content (AvgIpc) is 2.28. The third-order valence-corrected chi connectivity index (χ3v) is 3.51. The number of rotatable bonds is 4. The molecule has 0 fully saturated rings. The summed E-state index contributed by atoms with van der Waals surface area (Å²) in [6, 6.07) is 6.92. The van der Waals surface area contributed by atoms with Crippen molar-refractivity contribution in [1.82, 2.24) is 0 Å². The fraction of sp³-hybridized carbons (Fsp3) is 0.588. The number of hydrogen-bond acceptors (Lipinski definition) is 1. The van der Waals surface area contributed by atoms with Crippen molar-refractivity contribution < 1.29 is 0 Å². The second kappa shape index (κ2) is 6.05. The van der Waals surface area contributed by atoms with Crippen molar-refractivity contribution in [2.24, 2.45) is 0 Å². The highest BCUT2D eigenvalue weighted by Crippen LogP contribution is 2.32. The van der Waals surface area contributed by atoms with Gasteiger partial charge < -0.3 is 0 Å². The molecule has 0 saturated heterocycles. The van der Waals surface area contributed by atoms with Crippen LogP contribution in [0, 0.1) is 11.3 Å². The zero-order valence-electron chi connectivity index (χ0n) is 12.5. The van der Waals surface area contributed by atoms with E-state index in [0.717, 1.165) is 0 Å². The summed E-state index contributed by atoms with van der Waals surface area (Å²) in [6.07, 6.45) is 0.527. The molecule has 18 heavy (non-hydrogen) atoms. The molecule has 0 atom stereocenters. The standard InChI is InChI=1S/C17H25N/c1-11(2)14-9-16(12(3)4)15(7-8-18)17(10-14)13(5)6/h9-13H,7H2,1-6H3. The van der Waals surface area contributed by atoms with Gasteiger partial charge in [-0.05, 0) is 40.0 Å². The minimum absolute atomic E-state index is 0.476. The Morgan fingerprint density at radius 2 is 1.33 bits per heavy atom. The minimum Gasteiger partial charge on any atom is -0.198 e. The molecule has 0 aliphatic rings. The second-order valence-electron chi connectivity index (χ2n) is 5.98. The van der Waals surface area contributed by atoms with Crippen molar-refractivity contribution in [3.05, 3.63) is 34.4 Å². The highest BCUT2D eigenvalue weighted by molar-refractivity contribution is 5.44. The first kappa shape index (κ1) is 14.8. The van der Waals surface area contributed by atoms with Crippen LogP contribution < -0.4 is 0 Å². The quantitative estimate of drug-likeness (QED) is 0.719. The molecule has 0 N–H and O–H groups in total. The van der Waals surface area contributed by atoms with E-state index in [-0.39, 0.29) is 0 Å². The fourth-order valence-electron chi connectivity index (χ4n) is 2.39. The first-order valence-corrected chi connectivity index (χ1v) is 6.92. The predicted molar refractivity (Wildman–Crippen MR) is 78.0 cm³/mol. The number of nitrogens with zero attached hydrogens (tertiary/aromatic N) is 1. The molecule has 1 heteroatoms. The molecule has 0 aromatic heterocycles. The molecule has 0 aliphatic carbocycles. The molecular formula is C17H25N. The van der Waals surface area contributed by atoms with Gasteiger partial charge in [0.25, 0.3) is 0 Å². The molecule has 0 bridgehead atoms. The van der Waals surface area contributed by atoms with Gasteiger partial charge >= 0.3 is 0 Å². The maximum Gasteiger partial charge on any atom is 0.0669 e. The number of hydrogen-bond donors (Lipinski definition) is 0. The summed E-state index contributed by atoms with van der Waals surface area (Å²) in [5, 5.41) is 9.06. The van der Waals surface area contributed by atoms with Crippen LogP contribution in [0.15, 0.2) is 12.1 Å². The normalized spacial score (nSPS) is 11.3. The number of benzene rings is 1. The van der Waals surface area contributed by atoms with E-state index in [1.807, 2.05) is 0 Å². The molecule has 0 spiro atoms. The van der Waals surface area contributed by atoms with Gasteiger partial charge in [0.1, 0.15) is 0 Å². The Balaban J connectivity index is 3.50. The highest BCUT2D eigenvalue weighted by atomic mass is 14.3. The summed E-state index contributed by atoms with van der Waals surface area (Å²) in [6.45, 7) is 13.3. The van der Waals surface area contributed by atoms with E-state index < -0.39 is 0 Å². The van der Waals surface area contributed by atoms with Crippen LogP contribution in [0.4, 0.5) is 0 Å². The van der Waals surface area contributed by atoms with Crippen LogP contribution in [0.25, 0.3) is 0 Å². The van der Waals surface area contributed by atoms with Crippen molar-refractivity contribution >= 4 is 0 Å². The van der Waals surface area contributed by atoms with Crippen LogP contribution in [0.5, 0.6) is 0 Å². The van der Waals surface area contributed by atoms with E-state index in [1.165, 1.54) is 22.3 Å². The molecule has 0 unspecified atom stereocenters. The Hall–Kier alpha value is -1.29. The van der Waals surface area contributed by atoms with Gasteiger partial charge in [-0.15, -0.1) is 0 Å². The van der Waals surface area contributed by atoms with E-state index in [2.05, 4.69) is 59.7 Å². The van der Waals surface area contributed by atoms with Gasteiger partial charge in [-0.1, -0.05) is 53.7 Å². The third-order valence-electron chi connectivity index (χ3n) is 3.51. The molecule has 1 aromatic carbocycles. The van der Waals surface area contributed by atoms with Crippen LogP contribution >= 0.6 is 0 Å². The van der Waals surface area contributed by atoms with Crippen LogP contribution in [0.1, 0.15) is 81.5 Å². The molecule has 0 saturated carbocycles. The molecular weight excluding hydrogens is 218 g/mol. The maximum atomic E-state index is 9.06. The van der Waals surface area contributed by atoms with Gasteiger partial charge in [0.15, 0.2) is 0 Å². The Bertz CT molecular complexity index is 418. The van der Waals surface area contributed by atoms with Gasteiger partial charge in [0.2, 0.25) is 0 Å². The summed E-state index contributed by atoms with van der Waals surface area (Å²) in [5.41, 5.74) is 5.36. The lowest BCUT2D eigenvalue weighted by Gasteiger charge is -2.21. The lowest BCUT2D eigenvalue weighted by Crippen LogP contribution is -2.06. The average molecular weight is 243 g/mol. The lowest BCUT2D eigenvalue weighted by molar-refractivity contribution is 0.786. The van der Waals surface area contributed by atoms with E-state index in [0.29, 0.717) is 24.2 Å². The summed E-state index contributed by atoms with van der Waals surface area (Å²) in [4.78, 5) is 0. The Morgan fingerprint density at radius 3 is 1.61 bits per heavy atom. The van der Waals surface area contributed by atoms with Gasteiger partial charge in [0.05, 0.1) is 12.5 Å². The molecule has 0 amide bonds. The Morgan fingerprint density at radius 1 is 0.889 bits per heavy atom. The maximum absolute atomic E-state index is 9.06. The predicted octanol–water partition coefficient (Wildman–Crippen LogP) is 5.12. The molecule has 1 rings (SSSR count). The second-order valence-corrected chi connectivity index (χ2v) is 5.98. The zero-order chi connectivity index (χ0) is 13.9. The molecule has 0 radical (unpaired) electrons. The topological polar surface area (TPSA) is 23.8 Å². The van der Waals surface area contributed by atoms with E-state index in [1.54, 1.807) is 0 Å².